The van der Waals surface area contributed by atoms with Crippen molar-refractivity contribution in [2.24, 2.45) is 0 Å². The molecule has 1 aromatic rings. The normalized spacial score (nSPS) is 23.7. The number of likely N-dealkylation sites (N-methyl/N-ethyl adjacent to an activating group) is 1. The molecule has 5 nitrogen and oxygen atoms in total. The third-order valence-electron chi connectivity index (χ3n) is 5.90. The average Bonchev–Trinajstić information content (AvgIpc) is 2.76. The lowest BCUT2D eigenvalue weighted by molar-refractivity contribution is -0.167. The van der Waals surface area contributed by atoms with Gasteiger partial charge in [0.2, 0.25) is 5.91 Å². The molecule has 1 aromatic carbocycles. The van der Waals surface area contributed by atoms with Crippen LogP contribution in [0.15, 0.2) is 12.1 Å². The van der Waals surface area contributed by atoms with Gasteiger partial charge in [-0.1, -0.05) is 17.7 Å². The lowest BCUT2D eigenvalue weighted by atomic mass is 9.78. The van der Waals surface area contributed by atoms with Crippen LogP contribution in [0.3, 0.4) is 0 Å². The highest BCUT2D eigenvalue weighted by Crippen LogP contribution is 2.44. The van der Waals surface area contributed by atoms with E-state index in [2.05, 4.69) is 12.1 Å². The van der Waals surface area contributed by atoms with Crippen LogP contribution in [0.1, 0.15) is 47.9 Å². The fraction of sp³-hybridized carbons (Fsp3) is 0.600. The maximum Gasteiger partial charge on any atom is 0.238 e. The number of amides is 1. The van der Waals surface area contributed by atoms with Crippen molar-refractivity contribution in [3.63, 3.8) is 0 Å². The zero-order valence-electron chi connectivity index (χ0n) is 15.9. The van der Waals surface area contributed by atoms with Crippen LogP contribution >= 0.6 is 0 Å². The first kappa shape index (κ1) is 18.1. The number of likely N-dealkylation sites (tertiary alicyclic amines) is 1. The van der Waals surface area contributed by atoms with E-state index in [4.69, 9.17) is 4.84 Å². The van der Waals surface area contributed by atoms with Crippen LogP contribution in [-0.4, -0.2) is 53.9 Å². The number of carbonyl (C=O) groups excluding carboxylic acids is 2. The van der Waals surface area contributed by atoms with E-state index in [0.29, 0.717) is 32.5 Å². The molecule has 0 radical (unpaired) electrons. The molecular formula is C20H28N2O3. The first-order valence-electron chi connectivity index (χ1n) is 9.08. The second-order valence-corrected chi connectivity index (χ2v) is 7.34. The Balaban J connectivity index is 2.04. The maximum atomic E-state index is 13.5. The van der Waals surface area contributed by atoms with Gasteiger partial charge >= 0.3 is 0 Å². The van der Waals surface area contributed by atoms with Crippen molar-refractivity contribution < 1.29 is 14.4 Å². The fourth-order valence-electron chi connectivity index (χ4n) is 4.80. The SMILES string of the molecule is CCN1C(=O)C(c2c(C)cc(C)cc2C)C(=O)C12CCN(OC)CC2. The Morgan fingerprint density at radius 3 is 2.16 bits per heavy atom. The molecule has 0 aromatic heterocycles. The highest BCUT2D eigenvalue weighted by molar-refractivity contribution is 6.17. The number of hydrogen-bond acceptors (Lipinski definition) is 4. The highest BCUT2D eigenvalue weighted by Gasteiger charge is 2.59. The van der Waals surface area contributed by atoms with Crippen LogP contribution in [-0.2, 0) is 14.4 Å². The monoisotopic (exact) mass is 344 g/mol. The smallest absolute Gasteiger partial charge is 0.238 e. The minimum Gasteiger partial charge on any atom is -0.329 e. The van der Waals surface area contributed by atoms with Crippen LogP contribution in [0.2, 0.25) is 0 Å². The number of aryl methyl sites for hydroxylation is 3. The number of benzene rings is 1. The van der Waals surface area contributed by atoms with Crippen molar-refractivity contribution in [2.75, 3.05) is 26.7 Å². The van der Waals surface area contributed by atoms with Gasteiger partial charge in [-0.15, -0.1) is 0 Å². The van der Waals surface area contributed by atoms with Crippen molar-refractivity contribution in [3.05, 3.63) is 34.4 Å². The van der Waals surface area contributed by atoms with E-state index >= 15 is 0 Å². The highest BCUT2D eigenvalue weighted by atomic mass is 16.7. The van der Waals surface area contributed by atoms with E-state index in [1.54, 1.807) is 7.11 Å². The molecule has 2 heterocycles. The molecule has 2 fully saturated rings. The molecule has 1 unspecified atom stereocenters. The van der Waals surface area contributed by atoms with Crippen LogP contribution in [0.4, 0.5) is 0 Å². The molecule has 5 heteroatoms. The maximum absolute atomic E-state index is 13.5. The topological polar surface area (TPSA) is 49.9 Å². The zero-order valence-corrected chi connectivity index (χ0v) is 15.9. The minimum absolute atomic E-state index is 0.0339. The van der Waals surface area contributed by atoms with Gasteiger partial charge in [-0.25, -0.2) is 0 Å². The van der Waals surface area contributed by atoms with Crippen LogP contribution in [0, 0.1) is 20.8 Å². The lowest BCUT2D eigenvalue weighted by Crippen LogP contribution is -2.56. The van der Waals surface area contributed by atoms with Crippen LogP contribution < -0.4 is 0 Å². The molecule has 0 aliphatic carbocycles. The Morgan fingerprint density at radius 2 is 1.68 bits per heavy atom. The molecule has 1 amide bonds. The van der Waals surface area contributed by atoms with Crippen LogP contribution in [0.25, 0.3) is 0 Å². The van der Waals surface area contributed by atoms with Crippen molar-refractivity contribution in [1.29, 1.82) is 0 Å². The molecule has 0 saturated carbocycles. The Hall–Kier alpha value is -1.72. The summed E-state index contributed by atoms with van der Waals surface area (Å²) in [4.78, 5) is 33.9. The first-order chi connectivity index (χ1) is 11.9. The van der Waals surface area contributed by atoms with Gasteiger partial charge in [-0.2, -0.15) is 5.06 Å². The van der Waals surface area contributed by atoms with Gasteiger partial charge in [0.15, 0.2) is 5.78 Å². The quantitative estimate of drug-likeness (QED) is 0.791. The molecule has 2 aliphatic heterocycles. The molecule has 1 spiro atoms. The third kappa shape index (κ3) is 2.70. The first-order valence-corrected chi connectivity index (χ1v) is 9.08. The summed E-state index contributed by atoms with van der Waals surface area (Å²) < 4.78 is 0. The van der Waals surface area contributed by atoms with Gasteiger partial charge in [0.05, 0.1) is 7.11 Å². The summed E-state index contributed by atoms with van der Waals surface area (Å²) in [5.74, 6) is -0.617. The summed E-state index contributed by atoms with van der Waals surface area (Å²) in [6, 6.07) is 4.13. The standard InChI is InChI=1S/C20H28N2O3/c1-6-22-19(24)17(16-14(3)11-13(2)12-15(16)4)18(23)20(22)7-9-21(25-5)10-8-20/h11-12,17H,6-10H2,1-5H3. The van der Waals surface area contributed by atoms with Gasteiger partial charge in [-0.05, 0) is 57.2 Å². The number of piperidine rings is 1. The Morgan fingerprint density at radius 1 is 1.12 bits per heavy atom. The summed E-state index contributed by atoms with van der Waals surface area (Å²) in [7, 11) is 1.65. The summed E-state index contributed by atoms with van der Waals surface area (Å²) in [6.45, 7) is 9.93. The summed E-state index contributed by atoms with van der Waals surface area (Å²) >= 11 is 0. The molecule has 3 rings (SSSR count). The molecule has 0 N–H and O–H groups in total. The largest absolute Gasteiger partial charge is 0.329 e. The average molecular weight is 344 g/mol. The number of Topliss-reactive ketones (excluding diaryl/α,β-unsaturated/α-hetero) is 1. The molecule has 1 atom stereocenters. The number of nitrogens with zero attached hydrogens (tertiary/aromatic N) is 2. The lowest BCUT2D eigenvalue weighted by Gasteiger charge is -2.42. The predicted molar refractivity (Wildman–Crippen MR) is 96.3 cm³/mol. The third-order valence-corrected chi connectivity index (χ3v) is 5.90. The molecule has 2 saturated heterocycles. The minimum atomic E-state index is -0.671. The van der Waals surface area contributed by atoms with Gasteiger partial charge in [0.1, 0.15) is 11.5 Å². The van der Waals surface area contributed by atoms with Gasteiger partial charge < -0.3 is 9.74 Å². The van der Waals surface area contributed by atoms with Gasteiger partial charge in [0, 0.05) is 19.6 Å². The summed E-state index contributed by atoms with van der Waals surface area (Å²) in [5.41, 5.74) is 3.46. The Labute approximate surface area is 149 Å². The Kier molecular flexibility index (Phi) is 4.73. The molecular weight excluding hydrogens is 316 g/mol. The van der Waals surface area contributed by atoms with Crippen molar-refractivity contribution in [2.45, 2.75) is 52.0 Å². The molecule has 25 heavy (non-hydrogen) atoms. The second kappa shape index (κ2) is 6.54. The number of rotatable bonds is 3. The molecule has 2 aliphatic rings. The van der Waals surface area contributed by atoms with Gasteiger partial charge in [-0.3, -0.25) is 9.59 Å². The van der Waals surface area contributed by atoms with E-state index < -0.39 is 11.5 Å². The van der Waals surface area contributed by atoms with E-state index in [1.807, 2.05) is 37.7 Å². The van der Waals surface area contributed by atoms with Crippen molar-refractivity contribution >= 4 is 11.7 Å². The van der Waals surface area contributed by atoms with E-state index in [-0.39, 0.29) is 11.7 Å². The predicted octanol–water partition coefficient (Wildman–Crippen LogP) is 2.52. The Bertz CT molecular complexity index is 682. The van der Waals surface area contributed by atoms with E-state index in [0.717, 1.165) is 22.3 Å². The van der Waals surface area contributed by atoms with E-state index in [9.17, 15) is 9.59 Å². The fourth-order valence-corrected chi connectivity index (χ4v) is 4.80. The second-order valence-electron chi connectivity index (χ2n) is 7.34. The number of carbonyl (C=O) groups is 2. The van der Waals surface area contributed by atoms with Crippen molar-refractivity contribution in [1.82, 2.24) is 9.96 Å². The number of hydrogen-bond donors (Lipinski definition) is 0. The van der Waals surface area contributed by atoms with Crippen LogP contribution in [0.5, 0.6) is 0 Å². The number of ketones is 1. The summed E-state index contributed by atoms with van der Waals surface area (Å²) in [5, 5.41) is 1.87. The summed E-state index contributed by atoms with van der Waals surface area (Å²) in [6.07, 6.45) is 1.28. The van der Waals surface area contributed by atoms with Gasteiger partial charge in [0.25, 0.3) is 0 Å². The van der Waals surface area contributed by atoms with E-state index in [1.165, 1.54) is 0 Å². The molecule has 0 bridgehead atoms. The van der Waals surface area contributed by atoms with Crippen molar-refractivity contribution in [3.8, 4) is 0 Å². The molecule has 136 valence electrons. The zero-order chi connectivity index (χ0) is 18.4. The number of hydroxylamine groups is 2.